The van der Waals surface area contributed by atoms with E-state index < -0.39 is 17.8 Å². The summed E-state index contributed by atoms with van der Waals surface area (Å²) >= 11 is 0. The first-order valence-corrected chi connectivity index (χ1v) is 7.86. The number of benzene rings is 3. The van der Waals surface area contributed by atoms with Gasteiger partial charge in [-0.2, -0.15) is 0 Å². The van der Waals surface area contributed by atoms with Gasteiger partial charge in [-0.15, -0.1) is 0 Å². The summed E-state index contributed by atoms with van der Waals surface area (Å²) in [5.41, 5.74) is 1.28. The largest absolute Gasteiger partial charge is 0.465 e. The molecule has 0 bridgehead atoms. The van der Waals surface area contributed by atoms with Gasteiger partial charge < -0.3 is 15.4 Å². The number of ether oxygens (including phenoxy) is 1. The Morgan fingerprint density at radius 2 is 1.31 bits per heavy atom. The van der Waals surface area contributed by atoms with Crippen LogP contribution in [-0.4, -0.2) is 24.9 Å². The highest BCUT2D eigenvalue weighted by atomic mass is 16.5. The molecule has 0 radical (unpaired) electrons. The van der Waals surface area contributed by atoms with Gasteiger partial charge >= 0.3 is 17.8 Å². The zero-order valence-electron chi connectivity index (χ0n) is 14.0. The summed E-state index contributed by atoms with van der Waals surface area (Å²) in [6, 6.07) is 19.2. The minimum absolute atomic E-state index is 0.353. The van der Waals surface area contributed by atoms with Crippen LogP contribution in [0.25, 0.3) is 10.8 Å². The zero-order valence-corrected chi connectivity index (χ0v) is 14.0. The van der Waals surface area contributed by atoms with E-state index in [1.54, 1.807) is 12.1 Å². The van der Waals surface area contributed by atoms with Crippen molar-refractivity contribution in [1.29, 1.82) is 0 Å². The van der Waals surface area contributed by atoms with Gasteiger partial charge in [-0.3, -0.25) is 9.59 Å². The zero-order chi connectivity index (χ0) is 18.5. The molecule has 0 atom stereocenters. The van der Waals surface area contributed by atoms with Crippen molar-refractivity contribution in [2.24, 2.45) is 0 Å². The second kappa shape index (κ2) is 7.48. The number of esters is 1. The van der Waals surface area contributed by atoms with Crippen LogP contribution in [0.1, 0.15) is 10.4 Å². The van der Waals surface area contributed by atoms with Crippen LogP contribution >= 0.6 is 0 Å². The van der Waals surface area contributed by atoms with Crippen molar-refractivity contribution in [2.75, 3.05) is 17.7 Å². The number of hydrogen-bond donors (Lipinski definition) is 2. The molecule has 26 heavy (non-hydrogen) atoms. The molecular formula is C20H16N2O4. The van der Waals surface area contributed by atoms with E-state index in [0.29, 0.717) is 16.9 Å². The lowest BCUT2D eigenvalue weighted by atomic mass is 10.1. The van der Waals surface area contributed by atoms with E-state index in [-0.39, 0.29) is 0 Å². The Balaban J connectivity index is 1.65. The molecule has 0 heterocycles. The Bertz CT molecular complexity index is 981. The summed E-state index contributed by atoms with van der Waals surface area (Å²) in [6.45, 7) is 0. The number of rotatable bonds is 3. The molecule has 0 aliphatic heterocycles. The minimum Gasteiger partial charge on any atom is -0.465 e. The molecule has 0 aliphatic carbocycles. The van der Waals surface area contributed by atoms with E-state index >= 15 is 0 Å². The molecule has 3 rings (SSSR count). The molecular weight excluding hydrogens is 332 g/mol. The number of carbonyl (C=O) groups is 3. The topological polar surface area (TPSA) is 84.5 Å². The standard InChI is InChI=1S/C20H16N2O4/c1-26-20(25)14-7-9-16(10-8-14)21-18(23)19(24)22-17-11-6-13-4-2-3-5-15(13)12-17/h2-12H,1H3,(H,21,23)(H,22,24). The average molecular weight is 348 g/mol. The van der Waals surface area contributed by atoms with Crippen molar-refractivity contribution in [1.82, 2.24) is 0 Å². The molecule has 0 saturated heterocycles. The summed E-state index contributed by atoms with van der Waals surface area (Å²) in [5.74, 6) is -2.06. The van der Waals surface area contributed by atoms with Crippen molar-refractivity contribution < 1.29 is 19.1 Å². The third-order valence-electron chi connectivity index (χ3n) is 3.78. The molecule has 0 aliphatic rings. The van der Waals surface area contributed by atoms with Crippen molar-refractivity contribution in [3.05, 3.63) is 72.3 Å². The molecule has 6 heteroatoms. The predicted octanol–water partition coefficient (Wildman–Crippen LogP) is 3.20. The van der Waals surface area contributed by atoms with E-state index in [0.717, 1.165) is 10.8 Å². The number of methoxy groups -OCH3 is 1. The maximum atomic E-state index is 12.1. The van der Waals surface area contributed by atoms with Crippen LogP contribution < -0.4 is 10.6 Å². The third-order valence-corrected chi connectivity index (χ3v) is 3.78. The molecule has 130 valence electrons. The van der Waals surface area contributed by atoms with Crippen molar-refractivity contribution >= 4 is 39.9 Å². The van der Waals surface area contributed by atoms with Gasteiger partial charge in [0, 0.05) is 11.4 Å². The average Bonchev–Trinajstić information content (AvgIpc) is 2.67. The monoisotopic (exact) mass is 348 g/mol. The molecule has 2 amide bonds. The van der Waals surface area contributed by atoms with Gasteiger partial charge in [0.25, 0.3) is 0 Å². The van der Waals surface area contributed by atoms with Crippen LogP contribution in [0.2, 0.25) is 0 Å². The normalized spacial score (nSPS) is 10.2. The lowest BCUT2D eigenvalue weighted by molar-refractivity contribution is -0.132. The number of hydrogen-bond acceptors (Lipinski definition) is 4. The van der Waals surface area contributed by atoms with E-state index in [1.807, 2.05) is 30.3 Å². The van der Waals surface area contributed by atoms with Gasteiger partial charge in [0.05, 0.1) is 12.7 Å². The highest BCUT2D eigenvalue weighted by molar-refractivity contribution is 6.43. The minimum atomic E-state index is -0.802. The fraction of sp³-hybridized carbons (Fsp3) is 0.0500. The van der Waals surface area contributed by atoms with Gasteiger partial charge in [-0.25, -0.2) is 4.79 Å². The van der Waals surface area contributed by atoms with E-state index in [4.69, 9.17) is 0 Å². The summed E-state index contributed by atoms with van der Waals surface area (Å²) in [7, 11) is 1.29. The summed E-state index contributed by atoms with van der Waals surface area (Å²) in [6.07, 6.45) is 0. The van der Waals surface area contributed by atoms with Crippen LogP contribution in [0.15, 0.2) is 66.7 Å². The second-order valence-corrected chi connectivity index (χ2v) is 5.54. The third kappa shape index (κ3) is 3.87. The molecule has 0 saturated carbocycles. The first-order valence-electron chi connectivity index (χ1n) is 7.86. The van der Waals surface area contributed by atoms with E-state index in [9.17, 15) is 14.4 Å². The van der Waals surface area contributed by atoms with Crippen LogP contribution in [-0.2, 0) is 14.3 Å². The molecule has 3 aromatic carbocycles. The first-order chi connectivity index (χ1) is 12.6. The maximum Gasteiger partial charge on any atom is 0.337 e. The maximum absolute atomic E-state index is 12.1. The molecule has 0 spiro atoms. The van der Waals surface area contributed by atoms with Crippen LogP contribution in [0.3, 0.4) is 0 Å². The van der Waals surface area contributed by atoms with Crippen molar-refractivity contribution in [2.45, 2.75) is 0 Å². The van der Waals surface area contributed by atoms with Crippen LogP contribution in [0, 0.1) is 0 Å². The van der Waals surface area contributed by atoms with E-state index in [2.05, 4.69) is 15.4 Å². The second-order valence-electron chi connectivity index (χ2n) is 5.54. The Labute approximate surface area is 149 Å². The number of carbonyl (C=O) groups excluding carboxylic acids is 3. The lowest BCUT2D eigenvalue weighted by Gasteiger charge is -2.08. The molecule has 0 fully saturated rings. The fourth-order valence-electron chi connectivity index (χ4n) is 2.45. The first kappa shape index (κ1) is 17.2. The Kier molecular flexibility index (Phi) is 4.94. The smallest absolute Gasteiger partial charge is 0.337 e. The van der Waals surface area contributed by atoms with Gasteiger partial charge in [0.1, 0.15) is 0 Å². The van der Waals surface area contributed by atoms with Gasteiger partial charge in [0.15, 0.2) is 0 Å². The van der Waals surface area contributed by atoms with Gasteiger partial charge in [-0.1, -0.05) is 30.3 Å². The number of nitrogens with one attached hydrogen (secondary N) is 2. The fourth-order valence-corrected chi connectivity index (χ4v) is 2.45. The van der Waals surface area contributed by atoms with Gasteiger partial charge in [0.2, 0.25) is 0 Å². The Morgan fingerprint density at radius 1 is 0.731 bits per heavy atom. The molecule has 2 N–H and O–H groups in total. The lowest BCUT2D eigenvalue weighted by Crippen LogP contribution is -2.29. The molecule has 0 unspecified atom stereocenters. The quantitative estimate of drug-likeness (QED) is 0.562. The Hall–Kier alpha value is -3.67. The molecule has 6 nitrogen and oxygen atoms in total. The highest BCUT2D eigenvalue weighted by Gasteiger charge is 2.14. The number of fused-ring (bicyclic) bond motifs is 1. The summed E-state index contributed by atoms with van der Waals surface area (Å²) in [5, 5.41) is 7.05. The predicted molar refractivity (Wildman–Crippen MR) is 99.0 cm³/mol. The summed E-state index contributed by atoms with van der Waals surface area (Å²) in [4.78, 5) is 35.5. The molecule has 0 aromatic heterocycles. The summed E-state index contributed by atoms with van der Waals surface area (Å²) < 4.78 is 4.60. The molecule has 3 aromatic rings. The van der Waals surface area contributed by atoms with Crippen molar-refractivity contribution in [3.63, 3.8) is 0 Å². The number of anilines is 2. The number of amides is 2. The van der Waals surface area contributed by atoms with Crippen LogP contribution in [0.5, 0.6) is 0 Å². The van der Waals surface area contributed by atoms with Gasteiger partial charge in [-0.05, 0) is 47.2 Å². The van der Waals surface area contributed by atoms with E-state index in [1.165, 1.54) is 31.4 Å². The van der Waals surface area contributed by atoms with Crippen LogP contribution in [0.4, 0.5) is 11.4 Å². The SMILES string of the molecule is COC(=O)c1ccc(NC(=O)C(=O)Nc2ccc3ccccc3c2)cc1. The van der Waals surface area contributed by atoms with Crippen molar-refractivity contribution in [3.8, 4) is 0 Å². The highest BCUT2D eigenvalue weighted by Crippen LogP contribution is 2.19. The Morgan fingerprint density at radius 3 is 1.96 bits per heavy atom.